The van der Waals surface area contributed by atoms with Crippen molar-refractivity contribution in [2.75, 3.05) is 0 Å². The van der Waals surface area contributed by atoms with E-state index in [0.717, 1.165) is 5.92 Å². The van der Waals surface area contributed by atoms with Gasteiger partial charge in [0.25, 0.3) is 0 Å². The summed E-state index contributed by atoms with van der Waals surface area (Å²) in [4.78, 5) is 4.32. The van der Waals surface area contributed by atoms with E-state index < -0.39 is 0 Å². The summed E-state index contributed by atoms with van der Waals surface area (Å²) in [6, 6.07) is 0.654. The molecule has 1 aromatic heterocycles. The van der Waals surface area contributed by atoms with E-state index in [4.69, 9.17) is 0 Å². The smallest absolute Gasteiger partial charge is 0.0948 e. The van der Waals surface area contributed by atoms with E-state index >= 15 is 0 Å². The van der Waals surface area contributed by atoms with Crippen LogP contribution in [0.1, 0.15) is 155 Å². The summed E-state index contributed by atoms with van der Waals surface area (Å²) >= 11 is 0. The average Bonchev–Trinajstić information content (AvgIpc) is 3.28. The second-order valence-corrected chi connectivity index (χ2v) is 9.89. The molecule has 2 heteroatoms. The molecule has 1 heterocycles. The van der Waals surface area contributed by atoms with Gasteiger partial charge in [0.15, 0.2) is 0 Å². The van der Waals surface area contributed by atoms with Crippen molar-refractivity contribution in [3.05, 3.63) is 18.7 Å². The monoisotopic (exact) mass is 418 g/mol. The Morgan fingerprint density at radius 3 is 1.57 bits per heavy atom. The second-order valence-electron chi connectivity index (χ2n) is 9.89. The van der Waals surface area contributed by atoms with E-state index in [-0.39, 0.29) is 0 Å². The zero-order chi connectivity index (χ0) is 21.7. The van der Waals surface area contributed by atoms with Crippen molar-refractivity contribution in [1.29, 1.82) is 0 Å². The first-order chi connectivity index (χ1) is 14.8. The largest absolute Gasteiger partial charge is 0.334 e. The SMILES string of the molecule is CCCCCCCCCCCCC(CC(C)CCCCCCCCC)n1ccnc1. The van der Waals surface area contributed by atoms with Crippen LogP contribution in [0.4, 0.5) is 0 Å². The van der Waals surface area contributed by atoms with Gasteiger partial charge in [0.2, 0.25) is 0 Å². The summed E-state index contributed by atoms with van der Waals surface area (Å²) in [7, 11) is 0. The Morgan fingerprint density at radius 2 is 1.10 bits per heavy atom. The highest BCUT2D eigenvalue weighted by Gasteiger charge is 2.14. The third-order valence-corrected chi connectivity index (χ3v) is 6.81. The molecule has 0 N–H and O–H groups in total. The van der Waals surface area contributed by atoms with Gasteiger partial charge < -0.3 is 4.57 Å². The van der Waals surface area contributed by atoms with Crippen molar-refractivity contribution >= 4 is 0 Å². The van der Waals surface area contributed by atoms with Crippen molar-refractivity contribution in [1.82, 2.24) is 9.55 Å². The van der Waals surface area contributed by atoms with Crippen LogP contribution in [-0.2, 0) is 0 Å². The fraction of sp³-hybridized carbons (Fsp3) is 0.893. The third-order valence-electron chi connectivity index (χ3n) is 6.81. The summed E-state index contributed by atoms with van der Waals surface area (Å²) < 4.78 is 2.38. The first-order valence-electron chi connectivity index (χ1n) is 13.7. The van der Waals surface area contributed by atoms with Gasteiger partial charge in [-0.15, -0.1) is 0 Å². The van der Waals surface area contributed by atoms with Crippen LogP contribution < -0.4 is 0 Å². The number of hydrogen-bond donors (Lipinski definition) is 0. The molecule has 0 aliphatic carbocycles. The summed E-state index contributed by atoms with van der Waals surface area (Å²) in [6.07, 6.45) is 34.4. The topological polar surface area (TPSA) is 17.8 Å². The first-order valence-corrected chi connectivity index (χ1v) is 13.7. The van der Waals surface area contributed by atoms with Crippen molar-refractivity contribution in [3.63, 3.8) is 0 Å². The molecule has 1 aromatic rings. The maximum absolute atomic E-state index is 4.32. The van der Waals surface area contributed by atoms with Gasteiger partial charge in [0.05, 0.1) is 6.33 Å². The Kier molecular flexibility index (Phi) is 18.3. The minimum Gasteiger partial charge on any atom is -0.334 e. The Labute approximate surface area is 189 Å². The van der Waals surface area contributed by atoms with Gasteiger partial charge in [-0.1, -0.05) is 136 Å². The molecule has 2 atom stereocenters. The molecule has 0 radical (unpaired) electrons. The molecule has 176 valence electrons. The Morgan fingerprint density at radius 1 is 0.633 bits per heavy atom. The third kappa shape index (κ3) is 15.1. The van der Waals surface area contributed by atoms with Crippen LogP contribution in [0.3, 0.4) is 0 Å². The molecule has 0 bridgehead atoms. The zero-order valence-electron chi connectivity index (χ0n) is 20.9. The molecule has 0 aliphatic rings. The zero-order valence-corrected chi connectivity index (χ0v) is 20.9. The lowest BCUT2D eigenvalue weighted by Crippen LogP contribution is -2.12. The van der Waals surface area contributed by atoms with E-state index in [1.807, 2.05) is 12.5 Å². The van der Waals surface area contributed by atoms with Crippen molar-refractivity contribution < 1.29 is 0 Å². The number of nitrogens with zero attached hydrogens (tertiary/aromatic N) is 2. The van der Waals surface area contributed by atoms with Crippen LogP contribution in [0.15, 0.2) is 18.7 Å². The number of unbranched alkanes of at least 4 members (excludes halogenated alkanes) is 15. The van der Waals surface area contributed by atoms with Crippen LogP contribution >= 0.6 is 0 Å². The van der Waals surface area contributed by atoms with E-state index in [1.54, 1.807) is 0 Å². The molecule has 0 aliphatic heterocycles. The predicted molar refractivity (Wildman–Crippen MR) is 134 cm³/mol. The molecule has 0 aromatic carbocycles. The van der Waals surface area contributed by atoms with Gasteiger partial charge in [-0.3, -0.25) is 0 Å². The lowest BCUT2D eigenvalue weighted by atomic mass is 9.92. The molecule has 0 spiro atoms. The minimum absolute atomic E-state index is 0.654. The van der Waals surface area contributed by atoms with E-state index in [0.29, 0.717) is 6.04 Å². The summed E-state index contributed by atoms with van der Waals surface area (Å²) in [5.41, 5.74) is 0. The molecule has 0 saturated heterocycles. The molecule has 0 amide bonds. The van der Waals surface area contributed by atoms with Gasteiger partial charge >= 0.3 is 0 Å². The van der Waals surface area contributed by atoms with Gasteiger partial charge in [-0.2, -0.15) is 0 Å². The van der Waals surface area contributed by atoms with Crippen LogP contribution in [-0.4, -0.2) is 9.55 Å². The molecule has 2 nitrogen and oxygen atoms in total. The van der Waals surface area contributed by atoms with Crippen LogP contribution in [0.25, 0.3) is 0 Å². The summed E-state index contributed by atoms with van der Waals surface area (Å²) in [5.74, 6) is 0.830. The maximum Gasteiger partial charge on any atom is 0.0948 e. The highest BCUT2D eigenvalue weighted by molar-refractivity contribution is 4.81. The predicted octanol–water partition coefficient (Wildman–Crippen LogP) is 9.90. The number of aromatic nitrogens is 2. The maximum atomic E-state index is 4.32. The van der Waals surface area contributed by atoms with Gasteiger partial charge in [0.1, 0.15) is 0 Å². The van der Waals surface area contributed by atoms with Crippen LogP contribution in [0.2, 0.25) is 0 Å². The lowest BCUT2D eigenvalue weighted by Gasteiger charge is -2.22. The first kappa shape index (κ1) is 27.2. The number of imidazole rings is 1. The quantitative estimate of drug-likeness (QED) is 0.171. The Hall–Kier alpha value is -0.790. The molecule has 2 unspecified atom stereocenters. The molecule has 30 heavy (non-hydrogen) atoms. The highest BCUT2D eigenvalue weighted by Crippen LogP contribution is 2.27. The number of rotatable bonds is 22. The van der Waals surface area contributed by atoms with Gasteiger partial charge in [-0.25, -0.2) is 4.98 Å². The minimum atomic E-state index is 0.654. The standard InChI is InChI=1S/C28H54N2/c1-4-6-8-10-12-13-14-16-18-20-22-28(30-24-23-29-26-30)25-27(3)21-19-17-15-11-9-7-5-2/h23-24,26-28H,4-22,25H2,1-3H3. The molecular weight excluding hydrogens is 364 g/mol. The molecular formula is C28H54N2. The molecule has 1 rings (SSSR count). The fourth-order valence-corrected chi connectivity index (χ4v) is 4.77. The van der Waals surface area contributed by atoms with Gasteiger partial charge in [0, 0.05) is 18.4 Å². The molecule has 0 saturated carbocycles. The normalized spacial score (nSPS) is 13.6. The van der Waals surface area contributed by atoms with E-state index in [2.05, 4.69) is 36.5 Å². The van der Waals surface area contributed by atoms with Crippen molar-refractivity contribution in [3.8, 4) is 0 Å². The molecule has 0 fully saturated rings. The number of hydrogen-bond acceptors (Lipinski definition) is 1. The summed E-state index contributed by atoms with van der Waals surface area (Å²) in [5, 5.41) is 0. The Balaban J connectivity index is 2.13. The lowest BCUT2D eigenvalue weighted by molar-refractivity contribution is 0.333. The van der Waals surface area contributed by atoms with Crippen molar-refractivity contribution in [2.24, 2.45) is 5.92 Å². The fourth-order valence-electron chi connectivity index (χ4n) is 4.77. The average molecular weight is 419 g/mol. The van der Waals surface area contributed by atoms with E-state index in [1.165, 1.54) is 128 Å². The Bertz CT molecular complexity index is 440. The highest BCUT2D eigenvalue weighted by atomic mass is 15.0. The summed E-state index contributed by atoms with van der Waals surface area (Å²) in [6.45, 7) is 7.07. The van der Waals surface area contributed by atoms with E-state index in [9.17, 15) is 0 Å². The van der Waals surface area contributed by atoms with Crippen LogP contribution in [0.5, 0.6) is 0 Å². The van der Waals surface area contributed by atoms with Crippen molar-refractivity contribution in [2.45, 2.75) is 155 Å². The van der Waals surface area contributed by atoms with Gasteiger partial charge in [-0.05, 0) is 18.8 Å². The van der Waals surface area contributed by atoms with Crippen LogP contribution in [0, 0.1) is 5.92 Å². The second kappa shape index (κ2) is 20.1.